The highest BCUT2D eigenvalue weighted by molar-refractivity contribution is 7.34. The summed E-state index contributed by atoms with van der Waals surface area (Å²) in [5.74, 6) is -1.65. The van der Waals surface area contributed by atoms with Gasteiger partial charge in [-0.05, 0) is 30.0 Å². The molecule has 0 bridgehead atoms. The van der Waals surface area contributed by atoms with Gasteiger partial charge in [-0.1, -0.05) is 40.2 Å². The molecule has 0 spiro atoms. The van der Waals surface area contributed by atoms with Crippen LogP contribution in [0, 0.1) is 0 Å². The van der Waals surface area contributed by atoms with Gasteiger partial charge < -0.3 is 30.3 Å². The number of nitrogens with two attached hydrogens (primary N) is 1. The predicted molar refractivity (Wildman–Crippen MR) is 132 cm³/mol. The molecule has 2 heterocycles. The summed E-state index contributed by atoms with van der Waals surface area (Å²) in [6.07, 6.45) is -4.85. The average molecular weight is 561 g/mol. The van der Waals surface area contributed by atoms with Gasteiger partial charge in [0.15, 0.2) is 24.2 Å². The van der Waals surface area contributed by atoms with E-state index in [1.54, 1.807) is 30.3 Å². The molecule has 1 fully saturated rings. The number of carbonyl (C=O) groups is 1. The Morgan fingerprint density at radius 1 is 1.41 bits per heavy atom. The van der Waals surface area contributed by atoms with Crippen LogP contribution in [0.4, 0.5) is 10.2 Å². The second-order valence-electron chi connectivity index (χ2n) is 8.34. The molecule has 1 saturated heterocycles. The van der Waals surface area contributed by atoms with Crippen molar-refractivity contribution >= 4 is 30.7 Å². The van der Waals surface area contributed by atoms with Gasteiger partial charge >= 0.3 is 19.8 Å². The number of nitrogen functional groups attached to an aromatic ring is 1. The van der Waals surface area contributed by atoms with E-state index in [1.165, 1.54) is 19.1 Å². The van der Waals surface area contributed by atoms with Crippen molar-refractivity contribution in [2.75, 3.05) is 12.3 Å². The SMILES string of the molecule is C[C@H](N=[P+]([O-])Oc1c(OC[C@@]2(N=[N+]=[N-])O[C@@H](n3ccc(N)nc3=O)[C@H](O)[C@@H]2F)ccc2ccccc12)C(=O)O. The summed E-state index contributed by atoms with van der Waals surface area (Å²) >= 11 is 0. The number of aliphatic hydroxyl groups is 1. The van der Waals surface area contributed by atoms with Crippen LogP contribution in [0.25, 0.3) is 21.2 Å². The molecule has 15 nitrogen and oxygen atoms in total. The molecule has 4 N–H and O–H groups in total. The van der Waals surface area contributed by atoms with Gasteiger partial charge in [-0.2, -0.15) is 4.98 Å². The first kappa shape index (κ1) is 27.7. The summed E-state index contributed by atoms with van der Waals surface area (Å²) in [4.78, 5) is 42.0. The Hall–Kier alpha value is -4.33. The first-order valence-electron chi connectivity index (χ1n) is 11.2. The molecule has 0 amide bonds. The van der Waals surface area contributed by atoms with Gasteiger partial charge in [-0.25, -0.2) is 14.0 Å². The lowest BCUT2D eigenvalue weighted by molar-refractivity contribution is -0.169. The maximum atomic E-state index is 15.4. The zero-order chi connectivity index (χ0) is 28.3. The van der Waals surface area contributed by atoms with Crippen molar-refractivity contribution in [1.82, 2.24) is 9.55 Å². The summed E-state index contributed by atoms with van der Waals surface area (Å²) in [5.41, 5.74) is 11.2. The van der Waals surface area contributed by atoms with Gasteiger partial charge in [-0.15, -0.1) is 0 Å². The summed E-state index contributed by atoms with van der Waals surface area (Å²) < 4.78 is 36.5. The number of rotatable bonds is 9. The number of aliphatic hydroxyl groups excluding tert-OH is 1. The van der Waals surface area contributed by atoms with Gasteiger partial charge in [0.05, 0.1) is 0 Å². The molecule has 3 aromatic rings. The molecule has 0 aliphatic carbocycles. The number of azide groups is 1. The van der Waals surface area contributed by atoms with E-state index in [0.717, 1.165) is 10.8 Å². The maximum absolute atomic E-state index is 15.4. The molecular weight excluding hydrogens is 540 g/mol. The monoisotopic (exact) mass is 561 g/mol. The number of nitrogens with zero attached hydrogens (tertiary/aromatic N) is 6. The van der Waals surface area contributed by atoms with E-state index < -0.39 is 56.7 Å². The van der Waals surface area contributed by atoms with Crippen LogP contribution in [-0.4, -0.2) is 56.4 Å². The Morgan fingerprint density at radius 3 is 2.85 bits per heavy atom. The zero-order valence-electron chi connectivity index (χ0n) is 20.1. The van der Waals surface area contributed by atoms with Crippen LogP contribution < -0.4 is 25.6 Å². The van der Waals surface area contributed by atoms with Crippen molar-refractivity contribution in [2.24, 2.45) is 9.86 Å². The largest absolute Gasteiger partial charge is 0.575 e. The third-order valence-corrected chi connectivity index (χ3v) is 6.63. The average Bonchev–Trinajstić information content (AvgIpc) is 3.13. The van der Waals surface area contributed by atoms with Gasteiger partial charge in [0.1, 0.15) is 18.5 Å². The number of benzene rings is 2. The van der Waals surface area contributed by atoms with E-state index >= 15 is 4.39 Å². The van der Waals surface area contributed by atoms with E-state index in [4.69, 9.17) is 30.4 Å². The molecule has 1 unspecified atom stereocenters. The topological polar surface area (TPSA) is 230 Å². The highest BCUT2D eigenvalue weighted by Gasteiger charge is 2.57. The fourth-order valence-corrected chi connectivity index (χ4v) is 4.57. The standard InChI is InChI=1S/C22H21FN7O8P/c1-11(20(32)33)27-39(35)38-17-13-5-3-2-4-12(13)6-7-14(17)36-10-22(28-29-25)18(23)16(31)19(37-22)30-9-8-15(24)26-21(30)34/h2-9,11,16,18-19,31H,10H2,1H3,(H,32,33)(H2,24,26,34)/t11-,16+,18-,19+,22+/m0/s1. The lowest BCUT2D eigenvalue weighted by atomic mass is 10.1. The van der Waals surface area contributed by atoms with Gasteiger partial charge in [0.25, 0.3) is 0 Å². The summed E-state index contributed by atoms with van der Waals surface area (Å²) in [5, 5.41) is 24.0. The highest BCUT2D eigenvalue weighted by Crippen LogP contribution is 2.43. The molecule has 1 aliphatic heterocycles. The second-order valence-corrected chi connectivity index (χ2v) is 9.23. The van der Waals surface area contributed by atoms with Crippen LogP contribution in [0.1, 0.15) is 13.2 Å². The number of hydrogen-bond acceptors (Lipinski definition) is 11. The first-order chi connectivity index (χ1) is 18.6. The van der Waals surface area contributed by atoms with Gasteiger partial charge in [0, 0.05) is 16.5 Å². The Bertz CT molecular complexity index is 1550. The summed E-state index contributed by atoms with van der Waals surface area (Å²) in [6, 6.07) is 9.62. The van der Waals surface area contributed by atoms with Crippen molar-refractivity contribution in [3.8, 4) is 11.5 Å². The highest BCUT2D eigenvalue weighted by atomic mass is 31.1. The minimum absolute atomic E-state index is 0.109. The van der Waals surface area contributed by atoms with E-state index in [1.807, 2.05) is 0 Å². The van der Waals surface area contributed by atoms with Crippen molar-refractivity contribution in [3.63, 3.8) is 0 Å². The number of fused-ring (bicyclic) bond motifs is 1. The number of carboxylic acids is 1. The second kappa shape index (κ2) is 11.2. The van der Waals surface area contributed by atoms with Crippen LogP contribution in [0.2, 0.25) is 0 Å². The Balaban J connectivity index is 1.69. The smallest absolute Gasteiger partial charge is 0.395 e. The normalized spacial score (nSPS) is 23.7. The molecule has 1 aromatic heterocycles. The third-order valence-electron chi connectivity index (χ3n) is 5.76. The molecule has 17 heteroatoms. The van der Waals surface area contributed by atoms with Gasteiger partial charge in [-0.3, -0.25) is 9.09 Å². The van der Waals surface area contributed by atoms with Crippen LogP contribution in [0.5, 0.6) is 11.5 Å². The van der Waals surface area contributed by atoms with Crippen molar-refractivity contribution < 1.29 is 38.3 Å². The molecule has 4 rings (SSSR count). The van der Waals surface area contributed by atoms with E-state index in [0.29, 0.717) is 10.8 Å². The number of halogens is 1. The van der Waals surface area contributed by atoms with E-state index in [-0.39, 0.29) is 17.3 Å². The fraction of sp³-hybridized carbons (Fsp3) is 0.318. The first-order valence-corrected chi connectivity index (χ1v) is 12.3. The molecule has 0 radical (unpaired) electrons. The molecule has 1 aliphatic rings. The Kier molecular flexibility index (Phi) is 7.95. The van der Waals surface area contributed by atoms with E-state index in [2.05, 4.69) is 19.8 Å². The third kappa shape index (κ3) is 5.60. The molecule has 39 heavy (non-hydrogen) atoms. The van der Waals surface area contributed by atoms with Gasteiger partial charge in [0.2, 0.25) is 11.5 Å². The van der Waals surface area contributed by atoms with Crippen molar-refractivity contribution in [1.29, 1.82) is 0 Å². The van der Waals surface area contributed by atoms with Crippen LogP contribution in [0.15, 0.2) is 63.3 Å². The van der Waals surface area contributed by atoms with E-state index in [9.17, 15) is 19.6 Å². The number of aromatic nitrogens is 2. The van der Waals surface area contributed by atoms with Crippen molar-refractivity contribution in [3.05, 3.63) is 69.6 Å². The number of carboxylic acid groups (broad SMARTS) is 1. The number of alkyl halides is 1. The number of aliphatic carboxylic acids is 1. The summed E-state index contributed by atoms with van der Waals surface area (Å²) in [7, 11) is -2.89. The van der Waals surface area contributed by atoms with Crippen LogP contribution >= 0.6 is 8.17 Å². The molecule has 2 aromatic carbocycles. The maximum Gasteiger partial charge on any atom is 0.395 e. The van der Waals surface area contributed by atoms with Crippen LogP contribution in [0.3, 0.4) is 0 Å². The predicted octanol–water partition coefficient (Wildman–Crippen LogP) is 2.00. The van der Waals surface area contributed by atoms with Crippen LogP contribution in [-0.2, 0) is 9.53 Å². The number of anilines is 1. The van der Waals surface area contributed by atoms with Crippen molar-refractivity contribution in [2.45, 2.75) is 37.2 Å². The molecular formula is C22H21FN7O8P. The number of hydrogen-bond donors (Lipinski definition) is 3. The minimum atomic E-state index is -2.89. The summed E-state index contributed by atoms with van der Waals surface area (Å²) in [6.45, 7) is 0.392. The zero-order valence-corrected chi connectivity index (χ0v) is 21.0. The minimum Gasteiger partial charge on any atom is -0.575 e. The molecule has 204 valence electrons. The Labute approximate surface area is 219 Å². The quantitative estimate of drug-likeness (QED) is 0.149. The fourth-order valence-electron chi connectivity index (χ4n) is 3.80. The molecule has 6 atom stereocenters. The lowest BCUT2D eigenvalue weighted by Gasteiger charge is -2.26. The Morgan fingerprint density at radius 2 is 2.15 bits per heavy atom. The number of ether oxygens (including phenoxy) is 2. The molecule has 0 saturated carbocycles. The lowest BCUT2D eigenvalue weighted by Crippen LogP contribution is -2.43.